The Morgan fingerprint density at radius 3 is 2.79 bits per heavy atom. The molecule has 0 spiro atoms. The Morgan fingerprint density at radius 1 is 1.47 bits per heavy atom. The molecule has 2 unspecified atom stereocenters. The fourth-order valence-electron chi connectivity index (χ4n) is 1.79. The molecule has 5 heteroatoms. The molecule has 104 valence electrons. The first-order valence-electron chi connectivity index (χ1n) is 6.54. The maximum Gasteiger partial charge on any atom is 0.237 e. The van der Waals surface area contributed by atoms with Gasteiger partial charge in [-0.25, -0.2) is 0 Å². The Kier molecular flexibility index (Phi) is 4.80. The minimum absolute atomic E-state index is 0.0196. The third-order valence-electron chi connectivity index (χ3n) is 3.20. The highest BCUT2D eigenvalue weighted by Crippen LogP contribution is 2.22. The van der Waals surface area contributed by atoms with E-state index in [1.165, 1.54) is 0 Å². The van der Waals surface area contributed by atoms with Crippen molar-refractivity contribution in [2.24, 2.45) is 0 Å². The van der Waals surface area contributed by atoms with Crippen LogP contribution < -0.4 is 10.6 Å². The van der Waals surface area contributed by atoms with Crippen molar-refractivity contribution in [2.45, 2.75) is 38.0 Å². The number of hydrogen-bond donors (Lipinski definition) is 3. The largest absolute Gasteiger partial charge is 0.387 e. The van der Waals surface area contributed by atoms with Crippen LogP contribution in [-0.4, -0.2) is 29.6 Å². The second-order valence-electron chi connectivity index (χ2n) is 4.95. The van der Waals surface area contributed by atoms with Crippen molar-refractivity contribution in [1.82, 2.24) is 10.6 Å². The molecule has 1 aromatic carbocycles. The lowest BCUT2D eigenvalue weighted by Gasteiger charge is -2.17. The van der Waals surface area contributed by atoms with Gasteiger partial charge in [-0.2, -0.15) is 0 Å². The van der Waals surface area contributed by atoms with Gasteiger partial charge in [0.1, 0.15) is 0 Å². The maximum atomic E-state index is 11.7. The van der Waals surface area contributed by atoms with E-state index in [2.05, 4.69) is 10.6 Å². The number of rotatable bonds is 6. The standard InChI is InChI=1S/C14H19ClN2O2/c1-9(14(19)17-10-6-7-10)16-8-13(18)11-4-2-3-5-12(11)15/h2-5,9-10,13,16,18H,6-8H2,1H3,(H,17,19). The fourth-order valence-corrected chi connectivity index (χ4v) is 2.05. The van der Waals surface area contributed by atoms with Gasteiger partial charge >= 0.3 is 0 Å². The number of amides is 1. The van der Waals surface area contributed by atoms with Gasteiger partial charge in [-0.15, -0.1) is 0 Å². The first kappa shape index (κ1) is 14.3. The summed E-state index contributed by atoms with van der Waals surface area (Å²) in [5, 5.41) is 16.5. The molecule has 1 amide bonds. The zero-order chi connectivity index (χ0) is 13.8. The molecule has 1 aromatic rings. The summed E-state index contributed by atoms with van der Waals surface area (Å²) in [6, 6.07) is 7.20. The molecule has 1 fully saturated rings. The summed E-state index contributed by atoms with van der Waals surface area (Å²) in [4.78, 5) is 11.7. The molecule has 4 nitrogen and oxygen atoms in total. The van der Waals surface area contributed by atoms with E-state index < -0.39 is 6.10 Å². The molecule has 1 saturated carbocycles. The normalized spacial score (nSPS) is 17.8. The summed E-state index contributed by atoms with van der Waals surface area (Å²) in [5.41, 5.74) is 0.673. The van der Waals surface area contributed by atoms with Crippen LogP contribution in [0.5, 0.6) is 0 Å². The van der Waals surface area contributed by atoms with Crippen LogP contribution in [0.2, 0.25) is 5.02 Å². The molecule has 19 heavy (non-hydrogen) atoms. The average molecular weight is 283 g/mol. The lowest BCUT2D eigenvalue weighted by molar-refractivity contribution is -0.123. The van der Waals surface area contributed by atoms with Crippen LogP contribution in [0, 0.1) is 0 Å². The number of benzene rings is 1. The van der Waals surface area contributed by atoms with Crippen LogP contribution in [0.15, 0.2) is 24.3 Å². The molecular formula is C14H19ClN2O2. The van der Waals surface area contributed by atoms with Crippen LogP contribution in [-0.2, 0) is 4.79 Å². The van der Waals surface area contributed by atoms with Crippen LogP contribution in [0.1, 0.15) is 31.4 Å². The SMILES string of the molecule is CC(NCC(O)c1ccccc1Cl)C(=O)NC1CC1. The monoisotopic (exact) mass is 282 g/mol. The van der Waals surface area contributed by atoms with E-state index in [9.17, 15) is 9.90 Å². The second-order valence-corrected chi connectivity index (χ2v) is 5.36. The van der Waals surface area contributed by atoms with Gasteiger partial charge in [0.25, 0.3) is 0 Å². The smallest absolute Gasteiger partial charge is 0.237 e. The first-order valence-corrected chi connectivity index (χ1v) is 6.92. The fraction of sp³-hybridized carbons (Fsp3) is 0.500. The number of halogens is 1. The predicted molar refractivity (Wildman–Crippen MR) is 75.0 cm³/mol. The Labute approximate surface area is 118 Å². The summed E-state index contributed by atoms with van der Waals surface area (Å²) >= 11 is 6.01. The number of hydrogen-bond acceptors (Lipinski definition) is 3. The van der Waals surface area contributed by atoms with Crippen molar-refractivity contribution in [2.75, 3.05) is 6.54 Å². The highest BCUT2D eigenvalue weighted by atomic mass is 35.5. The Bertz CT molecular complexity index is 449. The summed E-state index contributed by atoms with van der Waals surface area (Å²) in [6.45, 7) is 2.08. The molecule has 1 aliphatic carbocycles. The topological polar surface area (TPSA) is 61.4 Å². The second kappa shape index (κ2) is 6.37. The van der Waals surface area contributed by atoms with E-state index in [4.69, 9.17) is 11.6 Å². The van der Waals surface area contributed by atoms with Crippen LogP contribution in [0.3, 0.4) is 0 Å². The van der Waals surface area contributed by atoms with E-state index in [0.717, 1.165) is 12.8 Å². The van der Waals surface area contributed by atoms with Crippen molar-refractivity contribution in [3.63, 3.8) is 0 Å². The third kappa shape index (κ3) is 4.20. The Hall–Kier alpha value is -1.10. The quantitative estimate of drug-likeness (QED) is 0.743. The van der Waals surface area contributed by atoms with E-state index in [1.54, 1.807) is 19.1 Å². The van der Waals surface area contributed by atoms with Crippen molar-refractivity contribution in [1.29, 1.82) is 0 Å². The molecule has 2 atom stereocenters. The average Bonchev–Trinajstić information content (AvgIpc) is 3.20. The number of aliphatic hydroxyl groups is 1. The van der Waals surface area contributed by atoms with Crippen molar-refractivity contribution in [3.8, 4) is 0 Å². The summed E-state index contributed by atoms with van der Waals surface area (Å²) in [6.07, 6.45) is 1.42. The highest BCUT2D eigenvalue weighted by Gasteiger charge is 2.25. The Balaban J connectivity index is 1.80. The van der Waals surface area contributed by atoms with Gasteiger partial charge in [-0.3, -0.25) is 4.79 Å². The summed E-state index contributed by atoms with van der Waals surface area (Å²) in [7, 11) is 0. The van der Waals surface area contributed by atoms with E-state index in [1.807, 2.05) is 12.1 Å². The number of carbonyl (C=O) groups excluding carboxylic acids is 1. The lowest BCUT2D eigenvalue weighted by Crippen LogP contribution is -2.44. The van der Waals surface area contributed by atoms with Crippen molar-refractivity contribution in [3.05, 3.63) is 34.9 Å². The lowest BCUT2D eigenvalue weighted by atomic mass is 10.1. The first-order chi connectivity index (χ1) is 9.08. The van der Waals surface area contributed by atoms with Gasteiger partial charge in [0, 0.05) is 23.2 Å². The number of carbonyl (C=O) groups is 1. The molecule has 0 aromatic heterocycles. The summed E-state index contributed by atoms with van der Waals surface area (Å²) in [5.74, 6) is -0.0196. The molecule has 0 saturated heterocycles. The van der Waals surface area contributed by atoms with Crippen LogP contribution in [0.25, 0.3) is 0 Å². The molecule has 3 N–H and O–H groups in total. The molecule has 2 rings (SSSR count). The van der Waals surface area contributed by atoms with Gasteiger partial charge in [0.15, 0.2) is 0 Å². The summed E-state index contributed by atoms with van der Waals surface area (Å²) < 4.78 is 0. The number of aliphatic hydroxyl groups excluding tert-OH is 1. The Morgan fingerprint density at radius 2 is 2.16 bits per heavy atom. The highest BCUT2D eigenvalue weighted by molar-refractivity contribution is 6.31. The van der Waals surface area contributed by atoms with E-state index >= 15 is 0 Å². The van der Waals surface area contributed by atoms with Crippen molar-refractivity contribution < 1.29 is 9.90 Å². The molecule has 0 aliphatic heterocycles. The zero-order valence-electron chi connectivity index (χ0n) is 10.9. The molecule has 0 bridgehead atoms. The van der Waals surface area contributed by atoms with Gasteiger partial charge < -0.3 is 15.7 Å². The van der Waals surface area contributed by atoms with Gasteiger partial charge in [0.2, 0.25) is 5.91 Å². The van der Waals surface area contributed by atoms with Gasteiger partial charge in [0.05, 0.1) is 12.1 Å². The zero-order valence-corrected chi connectivity index (χ0v) is 11.7. The molecule has 1 aliphatic rings. The molecule has 0 heterocycles. The van der Waals surface area contributed by atoms with Gasteiger partial charge in [-0.05, 0) is 25.8 Å². The third-order valence-corrected chi connectivity index (χ3v) is 3.54. The van der Waals surface area contributed by atoms with Gasteiger partial charge in [-0.1, -0.05) is 29.8 Å². The minimum Gasteiger partial charge on any atom is -0.387 e. The van der Waals surface area contributed by atoms with E-state index in [0.29, 0.717) is 23.2 Å². The van der Waals surface area contributed by atoms with Crippen LogP contribution >= 0.6 is 11.6 Å². The van der Waals surface area contributed by atoms with E-state index in [-0.39, 0.29) is 11.9 Å². The number of nitrogens with one attached hydrogen (secondary N) is 2. The molecular weight excluding hydrogens is 264 g/mol. The minimum atomic E-state index is -0.718. The predicted octanol–water partition coefficient (Wildman–Crippen LogP) is 1.63. The molecule has 0 radical (unpaired) electrons. The maximum absolute atomic E-state index is 11.7. The van der Waals surface area contributed by atoms with Crippen LogP contribution in [0.4, 0.5) is 0 Å². The van der Waals surface area contributed by atoms with Crippen molar-refractivity contribution >= 4 is 17.5 Å².